The van der Waals surface area contributed by atoms with Crippen molar-refractivity contribution in [2.24, 2.45) is 5.73 Å². The Balaban J connectivity index is 1.20. The number of hydrogen-bond acceptors (Lipinski definition) is 18. The highest BCUT2D eigenvalue weighted by Gasteiger charge is 2.53. The third-order valence-corrected chi connectivity index (χ3v) is 10.4. The smallest absolute Gasteiger partial charge is 0.387 e. The number of amides is 1. The average Bonchev–Trinajstić information content (AvgIpc) is 3.65. The number of aliphatic hydroxyl groups excluding tert-OH is 2. The molecule has 5 heterocycles. The molecule has 2 aromatic rings. The quantitative estimate of drug-likeness (QED) is 0.0951. The lowest BCUT2D eigenvalue weighted by Crippen LogP contribution is -2.54. The number of phosphoric ester groups is 3. The number of primary amides is 1. The van der Waals surface area contributed by atoms with Crippen molar-refractivity contribution in [2.45, 2.75) is 48.9 Å². The highest BCUT2D eigenvalue weighted by Crippen LogP contribution is 2.61. The molecule has 0 spiro atoms. The van der Waals surface area contributed by atoms with Crippen LogP contribution in [0, 0.1) is 0 Å². The fraction of sp³-hybridized carbons (Fsp3) is 0.524. The van der Waals surface area contributed by atoms with Gasteiger partial charge < -0.3 is 60.7 Å². The van der Waals surface area contributed by atoms with Crippen LogP contribution < -0.4 is 11.5 Å². The number of carbonyl (C=O) groups excluding carboxylic acids is 1. The maximum absolute atomic E-state index is 12.6. The van der Waals surface area contributed by atoms with Gasteiger partial charge in [0, 0.05) is 18.0 Å². The van der Waals surface area contributed by atoms with Gasteiger partial charge in [0.05, 0.1) is 26.1 Å². The normalized spacial score (nSPS) is 31.9. The summed E-state index contributed by atoms with van der Waals surface area (Å²) in [6.45, 7) is -2.60. The van der Waals surface area contributed by atoms with Gasteiger partial charge in [-0.2, -0.15) is 4.31 Å². The van der Waals surface area contributed by atoms with Crippen LogP contribution in [-0.4, -0.2) is 121 Å². The molecule has 2 aromatic heterocycles. The van der Waals surface area contributed by atoms with Gasteiger partial charge in [0.15, 0.2) is 23.4 Å². The second kappa shape index (κ2) is 13.5. The number of nitrogens with two attached hydrogens (primary N) is 2. The molecule has 2 unspecified atom stereocenters. The van der Waals surface area contributed by atoms with E-state index in [2.05, 4.69) is 23.8 Å². The molecule has 2 fully saturated rings. The topological polar surface area (TPSA) is 364 Å². The lowest BCUT2D eigenvalue weighted by atomic mass is 10.0. The van der Waals surface area contributed by atoms with Crippen LogP contribution in [0.3, 0.4) is 0 Å². The number of fused-ring (bicyclic) bond motifs is 1. The molecule has 9 atom stereocenters. The van der Waals surface area contributed by atoms with E-state index in [0.717, 1.165) is 22.1 Å². The van der Waals surface area contributed by atoms with Crippen LogP contribution in [0.2, 0.25) is 0 Å². The van der Waals surface area contributed by atoms with Crippen LogP contribution in [0.5, 0.6) is 0 Å². The van der Waals surface area contributed by atoms with E-state index in [1.807, 2.05) is 0 Å². The largest absolute Gasteiger partial charge is 0.481 e. The highest BCUT2D eigenvalue weighted by atomic mass is 31.3. The van der Waals surface area contributed by atoms with Crippen LogP contribution >= 0.6 is 23.5 Å². The molecule has 5 rings (SSSR count). The third-order valence-electron chi connectivity index (χ3n) is 7.24. The van der Waals surface area contributed by atoms with E-state index in [0.29, 0.717) is 0 Å². The molecule has 48 heavy (non-hydrogen) atoms. The van der Waals surface area contributed by atoms with E-state index in [1.165, 1.54) is 18.5 Å². The molecular weight excluding hydrogens is 715 g/mol. The number of allylic oxidation sites excluding steroid dienone is 1. The Hall–Kier alpha value is -2.73. The maximum Gasteiger partial charge on any atom is 0.481 e. The number of rotatable bonds is 13. The molecule has 27 heteroatoms. The molecule has 0 radical (unpaired) electrons. The summed E-state index contributed by atoms with van der Waals surface area (Å²) in [4.78, 5) is 63.3. The number of imidazole rings is 1. The van der Waals surface area contributed by atoms with E-state index < -0.39 is 91.7 Å². The van der Waals surface area contributed by atoms with Gasteiger partial charge in [-0.15, -0.1) is 0 Å². The minimum absolute atomic E-state index is 0.00387. The fourth-order valence-electron chi connectivity index (χ4n) is 4.95. The Kier molecular flexibility index (Phi) is 10.3. The molecule has 266 valence electrons. The number of anilines is 1. The maximum atomic E-state index is 12.6. The van der Waals surface area contributed by atoms with Crippen LogP contribution in [0.25, 0.3) is 11.2 Å². The molecule has 0 aliphatic carbocycles. The van der Waals surface area contributed by atoms with Crippen LogP contribution in [0.1, 0.15) is 12.6 Å². The molecule has 11 N–H and O–H groups in total. The molecule has 3 aliphatic rings. The number of nitrogen functional groups attached to an aromatic ring is 1. The van der Waals surface area contributed by atoms with Crippen LogP contribution in [0.15, 0.2) is 36.7 Å². The first-order chi connectivity index (χ1) is 22.3. The zero-order valence-electron chi connectivity index (χ0n) is 24.1. The second-order valence-electron chi connectivity index (χ2n) is 10.5. The van der Waals surface area contributed by atoms with Crippen molar-refractivity contribution in [3.8, 4) is 0 Å². The van der Waals surface area contributed by atoms with E-state index in [4.69, 9.17) is 30.0 Å². The SMILES string of the molecule is NC(=O)C1=CN([C@]2(O)CO[C@H](COP(=O)(O)OP(=O)(O)OC[C@H]3O[C@@H](n4cnc5c(N)ncnc54)[C@H](OP(=O)(O)O)[C@H]3O)[C@H]2O)C=CC1. The Labute approximate surface area is 268 Å². The van der Waals surface area contributed by atoms with Crippen molar-refractivity contribution in [1.29, 1.82) is 0 Å². The summed E-state index contributed by atoms with van der Waals surface area (Å²) in [7, 11) is -16.3. The molecule has 0 bridgehead atoms. The number of aromatic nitrogens is 4. The van der Waals surface area contributed by atoms with E-state index in [-0.39, 0.29) is 29.0 Å². The standard InChI is InChI=1S/C21H30N7O17P3/c22-17-13-19(25-8-24-17)28(9-26-13)20-15(44-46(33,34)35)14(29)11(43-20)5-41-47(36,37)45-48(38,39)42-6-12-16(30)21(32,7-40-12)27-3-1-2-10(4-27)18(23)31/h1,3-4,8-9,11-12,14-16,20,29-30,32H,2,5-7H2,(H2,23,31)(H,36,37)(H,38,39)(H2,22,24,25)(H2,33,34,35)/t11-,12-,14+,15-,16-,20-,21+/m1/s1. The van der Waals surface area contributed by atoms with Gasteiger partial charge >= 0.3 is 23.5 Å². The van der Waals surface area contributed by atoms with E-state index >= 15 is 0 Å². The fourth-order valence-corrected chi connectivity index (χ4v) is 7.59. The Morgan fingerprint density at radius 1 is 1.06 bits per heavy atom. The molecule has 3 aliphatic heterocycles. The molecular formula is C21H30N7O17P3. The summed E-state index contributed by atoms with van der Waals surface area (Å²) in [5.41, 5.74) is 9.03. The first kappa shape index (κ1) is 36.5. The number of nitrogens with zero attached hydrogens (tertiary/aromatic N) is 5. The lowest BCUT2D eigenvalue weighted by molar-refractivity contribution is -0.125. The van der Waals surface area contributed by atoms with Crippen molar-refractivity contribution in [3.05, 3.63) is 36.7 Å². The minimum Gasteiger partial charge on any atom is -0.387 e. The minimum atomic E-state index is -5.52. The van der Waals surface area contributed by atoms with Crippen molar-refractivity contribution in [3.63, 3.8) is 0 Å². The van der Waals surface area contributed by atoms with Gasteiger partial charge in [-0.25, -0.2) is 28.6 Å². The Bertz CT molecular complexity index is 1750. The predicted molar refractivity (Wildman–Crippen MR) is 153 cm³/mol. The number of ether oxygens (including phenoxy) is 2. The lowest BCUT2D eigenvalue weighted by Gasteiger charge is -2.37. The Morgan fingerprint density at radius 2 is 1.73 bits per heavy atom. The van der Waals surface area contributed by atoms with Crippen LogP contribution in [-0.2, 0) is 45.8 Å². The summed E-state index contributed by atoms with van der Waals surface area (Å²) in [5.74, 6) is -0.829. The van der Waals surface area contributed by atoms with Crippen molar-refractivity contribution in [1.82, 2.24) is 24.4 Å². The van der Waals surface area contributed by atoms with Gasteiger partial charge in [-0.3, -0.25) is 22.9 Å². The summed E-state index contributed by atoms with van der Waals surface area (Å²) >= 11 is 0. The summed E-state index contributed by atoms with van der Waals surface area (Å²) in [6.07, 6.45) is -3.98. The molecule has 0 aromatic carbocycles. The zero-order chi connectivity index (χ0) is 35.2. The first-order valence-corrected chi connectivity index (χ1v) is 18.0. The summed E-state index contributed by atoms with van der Waals surface area (Å²) in [5, 5.41) is 32.4. The third kappa shape index (κ3) is 7.85. The van der Waals surface area contributed by atoms with Crippen molar-refractivity contribution < 1.29 is 80.7 Å². The molecule has 2 saturated heterocycles. The van der Waals surface area contributed by atoms with Crippen LogP contribution in [0.4, 0.5) is 5.82 Å². The van der Waals surface area contributed by atoms with E-state index in [9.17, 15) is 53.4 Å². The number of carbonyl (C=O) groups is 1. The van der Waals surface area contributed by atoms with E-state index in [1.54, 1.807) is 0 Å². The van der Waals surface area contributed by atoms with Gasteiger partial charge in [0.1, 0.15) is 42.4 Å². The van der Waals surface area contributed by atoms with Gasteiger partial charge in [0.2, 0.25) is 5.91 Å². The number of hydrogen-bond donors (Lipinski definition) is 9. The summed E-state index contributed by atoms with van der Waals surface area (Å²) < 4.78 is 67.0. The Morgan fingerprint density at radius 3 is 2.38 bits per heavy atom. The van der Waals surface area contributed by atoms with Gasteiger partial charge in [-0.05, 0) is 6.42 Å². The summed E-state index contributed by atoms with van der Waals surface area (Å²) in [6, 6.07) is 0. The van der Waals surface area contributed by atoms with Gasteiger partial charge in [0.25, 0.3) is 0 Å². The predicted octanol–water partition coefficient (Wildman–Crippen LogP) is -2.57. The first-order valence-electron chi connectivity index (χ1n) is 13.4. The second-order valence-corrected chi connectivity index (χ2v) is 14.7. The molecule has 1 amide bonds. The van der Waals surface area contributed by atoms with Gasteiger partial charge in [-0.1, -0.05) is 6.08 Å². The number of phosphoric acid groups is 3. The van der Waals surface area contributed by atoms with Crippen molar-refractivity contribution in [2.75, 3.05) is 25.6 Å². The molecule has 0 saturated carbocycles. The highest BCUT2D eigenvalue weighted by molar-refractivity contribution is 7.61. The number of aliphatic hydroxyl groups is 3. The molecule has 24 nitrogen and oxygen atoms in total. The van der Waals surface area contributed by atoms with Crippen molar-refractivity contribution >= 4 is 46.4 Å². The zero-order valence-corrected chi connectivity index (χ0v) is 26.8. The monoisotopic (exact) mass is 745 g/mol. The average molecular weight is 745 g/mol.